The van der Waals surface area contributed by atoms with Crippen LogP contribution in [0.4, 0.5) is 10.5 Å². The Labute approximate surface area is 119 Å². The molecule has 0 heterocycles. The Morgan fingerprint density at radius 1 is 1.10 bits per heavy atom. The molecule has 0 bridgehead atoms. The second-order valence-corrected chi connectivity index (χ2v) is 4.12. The largest absolute Gasteiger partial charge is 0.481 e. The first-order chi connectivity index (χ1) is 9.86. The minimum absolute atomic E-state index is 0.0283. The summed E-state index contributed by atoms with van der Waals surface area (Å²) >= 11 is 0. The fourth-order valence-electron chi connectivity index (χ4n) is 1.71. The number of hydrogen-bond donors (Lipinski definition) is 3. The van der Waals surface area contributed by atoms with Crippen molar-refractivity contribution < 1.29 is 29.8 Å². The van der Waals surface area contributed by atoms with Crippen LogP contribution in [0, 0.1) is 0 Å². The molecule has 0 aliphatic heterocycles. The smallest absolute Gasteiger partial charge is 0.418 e. The fourth-order valence-corrected chi connectivity index (χ4v) is 1.71. The maximum atomic E-state index is 11.3. The number of carboxylic acids is 1. The number of hydrogen-bond acceptors (Lipinski definition) is 5. The molecular weight excluding hydrogens is 280 g/mol. The Hall–Kier alpha value is -2.90. The first-order valence-corrected chi connectivity index (χ1v) is 5.93. The highest BCUT2D eigenvalue weighted by atomic mass is 16.4. The van der Waals surface area contributed by atoms with E-state index in [4.69, 9.17) is 15.4 Å². The van der Waals surface area contributed by atoms with E-state index in [1.807, 2.05) is 0 Å². The first kappa shape index (κ1) is 16.2. The van der Waals surface area contributed by atoms with Crippen LogP contribution < -0.4 is 4.90 Å². The van der Waals surface area contributed by atoms with Gasteiger partial charge in [0, 0.05) is 13.3 Å². The number of oxime groups is 1. The summed E-state index contributed by atoms with van der Waals surface area (Å²) in [5.74, 6) is -1.68. The molecule has 0 aromatic heterocycles. The standard InChI is InChI=1S/C13H14N2O6/c1-8(16)15(13(19)20)10-4-2-9(3-5-10)11(14-21)6-7-12(17)18/h2-5,21H,6-7H2,1H3,(H,17,18)(H,19,20)/b14-11+. The van der Waals surface area contributed by atoms with Gasteiger partial charge in [0.25, 0.3) is 0 Å². The van der Waals surface area contributed by atoms with Gasteiger partial charge in [0.1, 0.15) is 0 Å². The number of benzene rings is 1. The maximum absolute atomic E-state index is 11.3. The first-order valence-electron chi connectivity index (χ1n) is 5.93. The maximum Gasteiger partial charge on any atom is 0.418 e. The van der Waals surface area contributed by atoms with Crippen LogP contribution in [0.3, 0.4) is 0 Å². The molecule has 0 aliphatic rings. The van der Waals surface area contributed by atoms with Crippen LogP contribution in [-0.2, 0) is 9.59 Å². The lowest BCUT2D eigenvalue weighted by Gasteiger charge is -2.15. The van der Waals surface area contributed by atoms with Gasteiger partial charge in [0.05, 0.1) is 17.8 Å². The van der Waals surface area contributed by atoms with Crippen molar-refractivity contribution >= 4 is 29.4 Å². The highest BCUT2D eigenvalue weighted by Gasteiger charge is 2.19. The Bertz CT molecular complexity index is 565. The highest BCUT2D eigenvalue weighted by molar-refractivity contribution is 6.11. The second-order valence-electron chi connectivity index (χ2n) is 4.12. The predicted octanol–water partition coefficient (Wildman–Crippen LogP) is 1.76. The number of anilines is 1. The molecule has 1 aromatic carbocycles. The van der Waals surface area contributed by atoms with Gasteiger partial charge in [-0.3, -0.25) is 9.59 Å². The van der Waals surface area contributed by atoms with Crippen LogP contribution in [0.5, 0.6) is 0 Å². The Kier molecular flexibility index (Phi) is 5.41. The van der Waals surface area contributed by atoms with Gasteiger partial charge < -0.3 is 15.4 Å². The summed E-state index contributed by atoms with van der Waals surface area (Å²) in [5.41, 5.74) is 0.749. The lowest BCUT2D eigenvalue weighted by Crippen LogP contribution is -2.33. The molecule has 2 amide bonds. The van der Waals surface area contributed by atoms with Crippen molar-refractivity contribution in [2.75, 3.05) is 4.90 Å². The molecule has 0 saturated heterocycles. The minimum Gasteiger partial charge on any atom is -0.481 e. The molecule has 8 heteroatoms. The SMILES string of the molecule is CC(=O)N(C(=O)O)c1ccc(/C(CCC(=O)O)=N/O)cc1. The average molecular weight is 294 g/mol. The number of rotatable bonds is 5. The van der Waals surface area contributed by atoms with E-state index in [1.165, 1.54) is 24.3 Å². The van der Waals surface area contributed by atoms with Gasteiger partial charge in [-0.25, -0.2) is 9.69 Å². The van der Waals surface area contributed by atoms with E-state index in [-0.39, 0.29) is 24.2 Å². The Morgan fingerprint density at radius 2 is 1.67 bits per heavy atom. The number of aliphatic carboxylic acids is 1. The number of carbonyl (C=O) groups is 3. The van der Waals surface area contributed by atoms with E-state index in [1.54, 1.807) is 0 Å². The van der Waals surface area contributed by atoms with Crippen LogP contribution in [0.25, 0.3) is 0 Å². The van der Waals surface area contributed by atoms with Crippen LogP contribution in [0.15, 0.2) is 29.4 Å². The van der Waals surface area contributed by atoms with Crippen molar-refractivity contribution in [3.05, 3.63) is 29.8 Å². The number of carbonyl (C=O) groups excluding carboxylic acids is 1. The monoisotopic (exact) mass is 294 g/mol. The summed E-state index contributed by atoms with van der Waals surface area (Å²) < 4.78 is 0. The van der Waals surface area contributed by atoms with Gasteiger partial charge in [0.2, 0.25) is 5.91 Å². The van der Waals surface area contributed by atoms with Crippen molar-refractivity contribution in [3.8, 4) is 0 Å². The molecule has 1 rings (SSSR count). The van der Waals surface area contributed by atoms with Gasteiger partial charge in [-0.2, -0.15) is 0 Å². The molecule has 0 aliphatic carbocycles. The summed E-state index contributed by atoms with van der Waals surface area (Å²) in [6.07, 6.45) is -1.58. The summed E-state index contributed by atoms with van der Waals surface area (Å²) in [4.78, 5) is 33.3. The topological polar surface area (TPSA) is 128 Å². The normalized spacial score (nSPS) is 11.0. The van der Waals surface area contributed by atoms with Crippen molar-refractivity contribution in [2.45, 2.75) is 19.8 Å². The Balaban J connectivity index is 2.98. The number of amides is 2. The third-order valence-corrected chi connectivity index (χ3v) is 2.66. The second kappa shape index (κ2) is 7.04. The molecule has 0 spiro atoms. The van der Waals surface area contributed by atoms with Crippen LogP contribution in [0.2, 0.25) is 0 Å². The zero-order valence-corrected chi connectivity index (χ0v) is 11.2. The molecule has 112 valence electrons. The minimum atomic E-state index is -1.41. The number of nitrogens with zero attached hydrogens (tertiary/aromatic N) is 2. The molecule has 0 radical (unpaired) electrons. The van der Waals surface area contributed by atoms with Crippen LogP contribution in [0.1, 0.15) is 25.3 Å². The lowest BCUT2D eigenvalue weighted by molar-refractivity contribution is -0.136. The van der Waals surface area contributed by atoms with Gasteiger partial charge in [-0.05, 0) is 17.7 Å². The summed E-state index contributed by atoms with van der Waals surface area (Å²) in [6.45, 7) is 1.12. The fraction of sp³-hybridized carbons (Fsp3) is 0.231. The molecular formula is C13H14N2O6. The van der Waals surface area contributed by atoms with E-state index in [9.17, 15) is 14.4 Å². The number of carboxylic acid groups (broad SMARTS) is 2. The summed E-state index contributed by atoms with van der Waals surface area (Å²) in [5, 5.41) is 29.5. The van der Waals surface area contributed by atoms with Crippen molar-refractivity contribution in [1.29, 1.82) is 0 Å². The van der Waals surface area contributed by atoms with Gasteiger partial charge in [0.15, 0.2) is 0 Å². The van der Waals surface area contributed by atoms with E-state index in [0.717, 1.165) is 6.92 Å². The highest BCUT2D eigenvalue weighted by Crippen LogP contribution is 2.17. The summed E-state index contributed by atoms with van der Waals surface area (Å²) in [6, 6.07) is 5.64. The Morgan fingerprint density at radius 3 is 2.05 bits per heavy atom. The molecule has 1 aromatic rings. The quantitative estimate of drug-likeness (QED) is 0.431. The van der Waals surface area contributed by atoms with Crippen LogP contribution in [-0.4, -0.2) is 39.1 Å². The zero-order valence-electron chi connectivity index (χ0n) is 11.2. The zero-order chi connectivity index (χ0) is 16.0. The molecule has 8 nitrogen and oxygen atoms in total. The van der Waals surface area contributed by atoms with Gasteiger partial charge in [-0.1, -0.05) is 17.3 Å². The van der Waals surface area contributed by atoms with E-state index in [0.29, 0.717) is 10.5 Å². The average Bonchev–Trinajstić information content (AvgIpc) is 2.40. The van der Waals surface area contributed by atoms with Crippen LogP contribution >= 0.6 is 0 Å². The van der Waals surface area contributed by atoms with Gasteiger partial charge in [-0.15, -0.1) is 0 Å². The van der Waals surface area contributed by atoms with Crippen molar-refractivity contribution in [1.82, 2.24) is 0 Å². The molecule has 3 N–H and O–H groups in total. The van der Waals surface area contributed by atoms with Crippen molar-refractivity contribution in [3.63, 3.8) is 0 Å². The predicted molar refractivity (Wildman–Crippen MR) is 72.8 cm³/mol. The molecule has 0 saturated carbocycles. The summed E-state index contributed by atoms with van der Waals surface area (Å²) in [7, 11) is 0. The van der Waals surface area contributed by atoms with Crippen molar-refractivity contribution in [2.24, 2.45) is 5.16 Å². The molecule has 21 heavy (non-hydrogen) atoms. The number of imide groups is 1. The van der Waals surface area contributed by atoms with E-state index < -0.39 is 18.0 Å². The van der Waals surface area contributed by atoms with Gasteiger partial charge >= 0.3 is 12.1 Å². The van der Waals surface area contributed by atoms with E-state index in [2.05, 4.69) is 5.16 Å². The molecule has 0 unspecified atom stereocenters. The third-order valence-electron chi connectivity index (χ3n) is 2.66. The molecule has 0 fully saturated rings. The third kappa shape index (κ3) is 4.30. The lowest BCUT2D eigenvalue weighted by atomic mass is 10.1. The van der Waals surface area contributed by atoms with E-state index >= 15 is 0 Å². The molecule has 0 atom stereocenters.